The first-order valence-electron chi connectivity index (χ1n) is 9.03. The normalized spacial score (nSPS) is 17.7. The van der Waals surface area contributed by atoms with Gasteiger partial charge in [-0.15, -0.1) is 0 Å². The summed E-state index contributed by atoms with van der Waals surface area (Å²) in [6, 6.07) is 15.0. The van der Waals surface area contributed by atoms with E-state index in [1.807, 2.05) is 55.5 Å². The molecule has 1 saturated heterocycles. The molecule has 0 spiro atoms. The van der Waals surface area contributed by atoms with Gasteiger partial charge >= 0.3 is 0 Å². The van der Waals surface area contributed by atoms with Crippen molar-refractivity contribution in [1.29, 1.82) is 0 Å². The zero-order valence-corrected chi connectivity index (χ0v) is 15.6. The number of amides is 2. The molecule has 142 valence electrons. The number of carbonyl (C=O) groups is 2. The van der Waals surface area contributed by atoms with E-state index in [9.17, 15) is 9.59 Å². The molecule has 0 saturated carbocycles. The number of nitrogens with two attached hydrogens (primary N) is 1. The molecule has 6 heteroatoms. The van der Waals surface area contributed by atoms with Crippen LogP contribution in [0.15, 0.2) is 48.5 Å². The van der Waals surface area contributed by atoms with Gasteiger partial charge in [0.05, 0.1) is 18.7 Å². The Hall–Kier alpha value is -2.86. The fourth-order valence-electron chi connectivity index (χ4n) is 3.30. The highest BCUT2D eigenvalue weighted by molar-refractivity contribution is 6.01. The van der Waals surface area contributed by atoms with E-state index in [1.54, 1.807) is 12.0 Å². The second kappa shape index (κ2) is 8.22. The number of hydrogen-bond donors (Lipinski definition) is 2. The Morgan fingerprint density at radius 3 is 2.74 bits per heavy atom. The lowest BCUT2D eigenvalue weighted by molar-refractivity contribution is -0.126. The first-order valence-corrected chi connectivity index (χ1v) is 9.03. The van der Waals surface area contributed by atoms with E-state index in [-0.39, 0.29) is 24.3 Å². The van der Waals surface area contributed by atoms with E-state index in [0.717, 1.165) is 11.1 Å². The molecule has 1 aliphatic rings. The lowest BCUT2D eigenvalue weighted by atomic mass is 10.1. The summed E-state index contributed by atoms with van der Waals surface area (Å²) in [6.07, 6.45) is 0.184. The molecule has 2 aromatic rings. The van der Waals surface area contributed by atoms with Crippen LogP contribution in [0.4, 0.5) is 5.69 Å². The molecule has 2 atom stereocenters. The molecule has 3 rings (SSSR count). The number of carbonyl (C=O) groups excluding carboxylic acids is 2. The van der Waals surface area contributed by atoms with Crippen molar-refractivity contribution in [3.63, 3.8) is 0 Å². The van der Waals surface area contributed by atoms with Crippen molar-refractivity contribution >= 4 is 17.5 Å². The highest BCUT2D eigenvalue weighted by Gasteiger charge is 2.36. The smallest absolute Gasteiger partial charge is 0.227 e. The number of hydrogen-bond acceptors (Lipinski definition) is 4. The molecular weight excluding hydrogens is 342 g/mol. The molecule has 0 aliphatic carbocycles. The van der Waals surface area contributed by atoms with Crippen LogP contribution in [0.1, 0.15) is 23.6 Å². The second-order valence-corrected chi connectivity index (χ2v) is 6.84. The quantitative estimate of drug-likeness (QED) is 0.819. The van der Waals surface area contributed by atoms with Crippen LogP contribution < -0.4 is 20.7 Å². The van der Waals surface area contributed by atoms with Gasteiger partial charge < -0.3 is 20.7 Å². The van der Waals surface area contributed by atoms with Crippen LogP contribution in [-0.4, -0.2) is 32.0 Å². The van der Waals surface area contributed by atoms with Gasteiger partial charge in [-0.1, -0.05) is 36.4 Å². The fraction of sp³-hybridized carbons (Fsp3) is 0.333. The van der Waals surface area contributed by atoms with Gasteiger partial charge in [-0.05, 0) is 30.2 Å². The van der Waals surface area contributed by atoms with Gasteiger partial charge in [-0.3, -0.25) is 9.59 Å². The van der Waals surface area contributed by atoms with Gasteiger partial charge in [0.1, 0.15) is 5.75 Å². The van der Waals surface area contributed by atoms with Crippen LogP contribution in [-0.2, 0) is 9.59 Å². The van der Waals surface area contributed by atoms with E-state index in [1.165, 1.54) is 0 Å². The molecule has 0 bridgehead atoms. The summed E-state index contributed by atoms with van der Waals surface area (Å²) < 4.78 is 5.37. The van der Waals surface area contributed by atoms with Crippen LogP contribution in [0.3, 0.4) is 0 Å². The highest BCUT2D eigenvalue weighted by atomic mass is 16.5. The summed E-state index contributed by atoms with van der Waals surface area (Å²) in [6.45, 7) is 2.63. The zero-order chi connectivity index (χ0) is 19.4. The summed E-state index contributed by atoms with van der Waals surface area (Å²) in [5.74, 6) is 0.00191. The SMILES string of the molecule is COc1ccc(C)cc1N1CC(C(=O)NCC(N)c2ccccc2)CC1=O. The number of nitrogens with one attached hydrogen (secondary N) is 1. The van der Waals surface area contributed by atoms with E-state index in [2.05, 4.69) is 5.32 Å². The highest BCUT2D eigenvalue weighted by Crippen LogP contribution is 2.33. The number of ether oxygens (including phenoxy) is 1. The van der Waals surface area contributed by atoms with Crippen LogP contribution >= 0.6 is 0 Å². The van der Waals surface area contributed by atoms with Gasteiger partial charge in [0.2, 0.25) is 11.8 Å². The minimum absolute atomic E-state index is 0.0774. The third kappa shape index (κ3) is 4.28. The van der Waals surface area contributed by atoms with Crippen LogP contribution in [0.2, 0.25) is 0 Å². The number of anilines is 1. The maximum absolute atomic E-state index is 12.5. The first kappa shape index (κ1) is 18.9. The van der Waals surface area contributed by atoms with Crippen molar-refractivity contribution in [1.82, 2.24) is 5.32 Å². The molecule has 0 aromatic heterocycles. The summed E-state index contributed by atoms with van der Waals surface area (Å²) in [7, 11) is 1.57. The van der Waals surface area contributed by atoms with Crippen LogP contribution in [0.25, 0.3) is 0 Å². The van der Waals surface area contributed by atoms with Crippen molar-refractivity contribution < 1.29 is 14.3 Å². The number of nitrogens with zero attached hydrogens (tertiary/aromatic N) is 1. The second-order valence-electron chi connectivity index (χ2n) is 6.84. The molecule has 2 unspecified atom stereocenters. The van der Waals surface area contributed by atoms with Gasteiger partial charge in [0.25, 0.3) is 0 Å². The third-order valence-corrected chi connectivity index (χ3v) is 4.84. The molecule has 1 fully saturated rings. The van der Waals surface area contributed by atoms with Crippen molar-refractivity contribution in [3.05, 3.63) is 59.7 Å². The standard InChI is InChI=1S/C21H25N3O3/c1-14-8-9-19(27-2)18(10-14)24-13-16(11-20(24)25)21(26)23-12-17(22)15-6-4-3-5-7-15/h3-10,16-17H,11-13,22H2,1-2H3,(H,23,26). The maximum atomic E-state index is 12.5. The lowest BCUT2D eigenvalue weighted by Crippen LogP contribution is -2.37. The molecule has 1 heterocycles. The molecular formula is C21H25N3O3. The summed E-state index contributed by atoms with van der Waals surface area (Å²) in [5, 5.41) is 2.88. The zero-order valence-electron chi connectivity index (χ0n) is 15.6. The van der Waals surface area contributed by atoms with Gasteiger partial charge in [-0.2, -0.15) is 0 Å². The maximum Gasteiger partial charge on any atom is 0.227 e. The van der Waals surface area contributed by atoms with Gasteiger partial charge in [0, 0.05) is 25.6 Å². The Morgan fingerprint density at radius 2 is 2.04 bits per heavy atom. The van der Waals surface area contributed by atoms with Crippen molar-refractivity contribution in [2.24, 2.45) is 11.7 Å². The minimum Gasteiger partial charge on any atom is -0.495 e. The van der Waals surface area contributed by atoms with Crippen LogP contribution in [0.5, 0.6) is 5.75 Å². The fourth-order valence-corrected chi connectivity index (χ4v) is 3.30. The third-order valence-electron chi connectivity index (χ3n) is 4.84. The molecule has 27 heavy (non-hydrogen) atoms. The Morgan fingerprint density at radius 1 is 1.30 bits per heavy atom. The topological polar surface area (TPSA) is 84.7 Å². The van der Waals surface area contributed by atoms with Crippen molar-refractivity contribution in [3.8, 4) is 5.75 Å². The number of methoxy groups -OCH3 is 1. The number of benzene rings is 2. The van der Waals surface area contributed by atoms with Crippen molar-refractivity contribution in [2.75, 3.05) is 25.1 Å². The first-order chi connectivity index (χ1) is 13.0. The monoisotopic (exact) mass is 367 g/mol. The van der Waals surface area contributed by atoms with E-state index in [4.69, 9.17) is 10.5 Å². The summed E-state index contributed by atoms with van der Waals surface area (Å²) >= 11 is 0. The Kier molecular flexibility index (Phi) is 5.76. The predicted octanol–water partition coefficient (Wildman–Crippen LogP) is 2.17. The Bertz CT molecular complexity index is 823. The minimum atomic E-state index is -0.398. The largest absolute Gasteiger partial charge is 0.495 e. The summed E-state index contributed by atoms with van der Waals surface area (Å²) in [4.78, 5) is 26.7. The Labute approximate surface area is 159 Å². The molecule has 6 nitrogen and oxygen atoms in total. The molecule has 0 radical (unpaired) electrons. The number of rotatable bonds is 6. The van der Waals surface area contributed by atoms with Gasteiger partial charge in [-0.25, -0.2) is 0 Å². The molecule has 2 amide bonds. The molecule has 3 N–H and O–H groups in total. The average molecular weight is 367 g/mol. The molecule has 2 aromatic carbocycles. The summed E-state index contributed by atoms with van der Waals surface area (Å²) in [5.41, 5.74) is 8.83. The Balaban J connectivity index is 1.63. The predicted molar refractivity (Wildman–Crippen MR) is 105 cm³/mol. The number of aryl methyl sites for hydroxylation is 1. The van der Waals surface area contributed by atoms with Gasteiger partial charge in [0.15, 0.2) is 0 Å². The van der Waals surface area contributed by atoms with E-state index in [0.29, 0.717) is 24.5 Å². The average Bonchev–Trinajstić information content (AvgIpc) is 3.08. The van der Waals surface area contributed by atoms with E-state index >= 15 is 0 Å². The van der Waals surface area contributed by atoms with Crippen molar-refractivity contribution in [2.45, 2.75) is 19.4 Å². The van der Waals surface area contributed by atoms with E-state index < -0.39 is 5.92 Å². The van der Waals surface area contributed by atoms with Crippen LogP contribution in [0, 0.1) is 12.8 Å². The molecule has 1 aliphatic heterocycles. The lowest BCUT2D eigenvalue weighted by Gasteiger charge is -2.20.